The van der Waals surface area contributed by atoms with Crippen molar-refractivity contribution in [2.45, 2.75) is 0 Å². The van der Waals surface area contributed by atoms with E-state index in [0.29, 0.717) is 23.1 Å². The molecule has 0 aliphatic carbocycles. The average Bonchev–Trinajstić information content (AvgIpc) is 3.23. The van der Waals surface area contributed by atoms with Crippen LogP contribution in [0.3, 0.4) is 0 Å². The minimum Gasteiger partial charge on any atom is -0.360 e. The number of aromatic nitrogens is 6. The van der Waals surface area contributed by atoms with Crippen molar-refractivity contribution in [3.63, 3.8) is 0 Å². The molecule has 3 aromatic heterocycles. The molecule has 0 unspecified atom stereocenters. The number of nitrogens with zero attached hydrogens (tertiary/aromatic N) is 9. The second-order valence-electron chi connectivity index (χ2n) is 5.77. The van der Waals surface area contributed by atoms with Gasteiger partial charge in [0.1, 0.15) is 6.20 Å². The van der Waals surface area contributed by atoms with Gasteiger partial charge in [0, 0.05) is 26.2 Å². The third-order valence-corrected chi connectivity index (χ3v) is 4.10. The highest BCUT2D eigenvalue weighted by atomic mass is 16.6. The molecule has 1 N–H and O–H groups in total. The van der Waals surface area contributed by atoms with E-state index < -0.39 is 4.92 Å². The number of nitro groups is 1. The fourth-order valence-corrected chi connectivity index (χ4v) is 2.70. The van der Waals surface area contributed by atoms with E-state index in [1.165, 1.54) is 15.3 Å². The van der Waals surface area contributed by atoms with Crippen molar-refractivity contribution in [3.05, 3.63) is 28.4 Å². The van der Waals surface area contributed by atoms with Crippen LogP contribution in [0.2, 0.25) is 0 Å². The van der Waals surface area contributed by atoms with Gasteiger partial charge in [0.05, 0.1) is 13.4 Å². The number of hydrogen-bond donors (Lipinski definition) is 1. The number of nitrogens with one attached hydrogen (secondary N) is 1. The maximum Gasteiger partial charge on any atom is 0.343 e. The van der Waals surface area contributed by atoms with Gasteiger partial charge in [-0.2, -0.15) is 4.52 Å². The molecule has 0 saturated carbocycles. The van der Waals surface area contributed by atoms with Gasteiger partial charge in [0.2, 0.25) is 5.82 Å². The second-order valence-corrected chi connectivity index (χ2v) is 5.77. The maximum atomic E-state index is 11.0. The van der Waals surface area contributed by atoms with E-state index >= 15 is 0 Å². The molecule has 1 aliphatic heterocycles. The highest BCUT2D eigenvalue weighted by Gasteiger charge is 2.23. The minimum absolute atomic E-state index is 0.135. The molecule has 1 fully saturated rings. The summed E-state index contributed by atoms with van der Waals surface area (Å²) in [6.07, 6.45) is 2.95. The van der Waals surface area contributed by atoms with Gasteiger partial charge in [0.15, 0.2) is 11.5 Å². The van der Waals surface area contributed by atoms with E-state index in [-0.39, 0.29) is 5.82 Å². The molecule has 4 heterocycles. The van der Waals surface area contributed by atoms with Crippen LogP contribution in [-0.2, 0) is 7.05 Å². The largest absolute Gasteiger partial charge is 0.360 e. The Morgan fingerprint density at radius 2 is 2.08 bits per heavy atom. The van der Waals surface area contributed by atoms with Gasteiger partial charge in [-0.05, 0) is 17.1 Å². The Bertz CT molecular complexity index is 985. The molecule has 4 rings (SSSR count). The van der Waals surface area contributed by atoms with Crippen molar-refractivity contribution < 1.29 is 4.92 Å². The third-order valence-electron chi connectivity index (χ3n) is 4.10. The fraction of sp³-hybridized carbons (Fsp3) is 0.357. The molecule has 0 amide bonds. The predicted octanol–water partition coefficient (Wildman–Crippen LogP) is -0.00200. The number of rotatable bonds is 4. The quantitative estimate of drug-likeness (QED) is 0.299. The molecule has 0 radical (unpaired) electrons. The lowest BCUT2D eigenvalue weighted by atomic mass is 10.4. The van der Waals surface area contributed by atoms with E-state index in [9.17, 15) is 10.1 Å². The SMILES string of the molecule is Cn1c([N+](=O)[O-])cnc1-c1nnc2ccc(N=CN3CCNCC3)nn12. The van der Waals surface area contributed by atoms with Gasteiger partial charge in [-0.1, -0.05) is 0 Å². The molecule has 12 nitrogen and oxygen atoms in total. The monoisotopic (exact) mass is 356 g/mol. The summed E-state index contributed by atoms with van der Waals surface area (Å²) in [4.78, 5) is 21.1. The lowest BCUT2D eigenvalue weighted by molar-refractivity contribution is -0.391. The zero-order chi connectivity index (χ0) is 18.1. The van der Waals surface area contributed by atoms with Gasteiger partial charge >= 0.3 is 5.82 Å². The van der Waals surface area contributed by atoms with E-state index in [0.717, 1.165) is 26.2 Å². The first kappa shape index (κ1) is 16.1. The van der Waals surface area contributed by atoms with Gasteiger partial charge < -0.3 is 20.3 Å². The molecule has 0 bridgehead atoms. The molecule has 0 spiro atoms. The van der Waals surface area contributed by atoms with Crippen LogP contribution in [0.15, 0.2) is 23.3 Å². The summed E-state index contributed by atoms with van der Waals surface area (Å²) in [5, 5.41) is 26.8. The Labute approximate surface area is 147 Å². The molecule has 1 saturated heterocycles. The summed E-state index contributed by atoms with van der Waals surface area (Å²) >= 11 is 0. The van der Waals surface area contributed by atoms with E-state index in [1.807, 2.05) is 0 Å². The Morgan fingerprint density at radius 3 is 2.81 bits per heavy atom. The van der Waals surface area contributed by atoms with Crippen molar-refractivity contribution in [1.82, 2.24) is 39.6 Å². The summed E-state index contributed by atoms with van der Waals surface area (Å²) in [5.41, 5.74) is 0.506. The van der Waals surface area contributed by atoms with Crippen LogP contribution in [0.5, 0.6) is 0 Å². The van der Waals surface area contributed by atoms with Crippen LogP contribution in [-0.4, -0.2) is 71.7 Å². The van der Waals surface area contributed by atoms with Gasteiger partial charge in [-0.25, -0.2) is 14.5 Å². The molecule has 12 heteroatoms. The van der Waals surface area contributed by atoms with Crippen molar-refractivity contribution in [3.8, 4) is 11.6 Å². The fourth-order valence-electron chi connectivity index (χ4n) is 2.70. The Morgan fingerprint density at radius 1 is 1.27 bits per heavy atom. The third kappa shape index (κ3) is 2.86. The first-order valence-electron chi connectivity index (χ1n) is 8.01. The van der Waals surface area contributed by atoms with Gasteiger partial charge in [0.25, 0.3) is 5.82 Å². The smallest absolute Gasteiger partial charge is 0.343 e. The first-order valence-corrected chi connectivity index (χ1v) is 8.01. The first-order chi connectivity index (χ1) is 12.6. The standard InChI is InChI=1S/C14H16N10O2/c1-21-12(24(25)26)8-16-13(21)14-19-18-11-3-2-10(20-23(11)14)17-9-22-6-4-15-5-7-22/h2-3,8-9,15H,4-7H2,1H3. The zero-order valence-corrected chi connectivity index (χ0v) is 14.0. The number of aliphatic imine (C=N–C) groups is 1. The summed E-state index contributed by atoms with van der Waals surface area (Å²) in [7, 11) is 1.55. The number of imidazole rings is 1. The summed E-state index contributed by atoms with van der Waals surface area (Å²) in [5.74, 6) is 0.972. The topological polar surface area (TPSA) is 132 Å². The van der Waals surface area contributed by atoms with Gasteiger partial charge in [-0.15, -0.1) is 15.3 Å². The van der Waals surface area contributed by atoms with Crippen LogP contribution >= 0.6 is 0 Å². The number of piperazine rings is 1. The molecular formula is C14H16N10O2. The highest BCUT2D eigenvalue weighted by molar-refractivity contribution is 5.61. The number of hydrogen-bond acceptors (Lipinski definition) is 8. The zero-order valence-electron chi connectivity index (χ0n) is 14.0. The van der Waals surface area contributed by atoms with Crippen molar-refractivity contribution in [2.24, 2.45) is 12.0 Å². The number of fused-ring (bicyclic) bond motifs is 1. The molecule has 3 aromatic rings. The highest BCUT2D eigenvalue weighted by Crippen LogP contribution is 2.21. The molecular weight excluding hydrogens is 340 g/mol. The lowest BCUT2D eigenvalue weighted by Crippen LogP contribution is -2.42. The normalized spacial score (nSPS) is 15.2. The molecule has 1 aliphatic rings. The Kier molecular flexibility index (Phi) is 4.01. The average molecular weight is 356 g/mol. The van der Waals surface area contributed by atoms with E-state index in [1.54, 1.807) is 25.5 Å². The summed E-state index contributed by atoms with van der Waals surface area (Å²) < 4.78 is 2.82. The van der Waals surface area contributed by atoms with Crippen LogP contribution < -0.4 is 5.32 Å². The molecule has 0 atom stereocenters. The Hall–Kier alpha value is -3.41. The van der Waals surface area contributed by atoms with Crippen molar-refractivity contribution >= 4 is 23.6 Å². The Balaban J connectivity index is 1.69. The summed E-state index contributed by atoms with van der Waals surface area (Å²) in [6, 6.07) is 3.48. The lowest BCUT2D eigenvalue weighted by Gasteiger charge is -2.24. The van der Waals surface area contributed by atoms with E-state index in [4.69, 9.17) is 0 Å². The molecule has 0 aromatic carbocycles. The second kappa shape index (κ2) is 6.48. The van der Waals surface area contributed by atoms with Gasteiger partial charge in [-0.3, -0.25) is 0 Å². The maximum absolute atomic E-state index is 11.0. The molecule has 26 heavy (non-hydrogen) atoms. The minimum atomic E-state index is -0.504. The van der Waals surface area contributed by atoms with Crippen LogP contribution in [0.4, 0.5) is 11.6 Å². The van der Waals surface area contributed by atoms with E-state index in [2.05, 4.69) is 35.5 Å². The van der Waals surface area contributed by atoms with Crippen LogP contribution in [0.25, 0.3) is 17.3 Å². The van der Waals surface area contributed by atoms with Crippen LogP contribution in [0, 0.1) is 10.1 Å². The predicted molar refractivity (Wildman–Crippen MR) is 92.2 cm³/mol. The van der Waals surface area contributed by atoms with Crippen LogP contribution in [0.1, 0.15) is 0 Å². The summed E-state index contributed by atoms with van der Waals surface area (Å²) in [6.45, 7) is 3.62. The van der Waals surface area contributed by atoms with Crippen molar-refractivity contribution in [2.75, 3.05) is 26.2 Å². The van der Waals surface area contributed by atoms with Crippen molar-refractivity contribution in [1.29, 1.82) is 0 Å². The molecule has 134 valence electrons.